The minimum atomic E-state index is 0.971. The van der Waals surface area contributed by atoms with Gasteiger partial charge in [0.2, 0.25) is 0 Å². The van der Waals surface area contributed by atoms with Crippen LogP contribution in [-0.2, 0) is 19.4 Å². The van der Waals surface area contributed by atoms with E-state index in [4.69, 9.17) is 0 Å². The molecule has 1 saturated heterocycles. The number of thioether (sulfide) groups is 1. The van der Waals surface area contributed by atoms with Gasteiger partial charge < -0.3 is 0 Å². The zero-order valence-corrected chi connectivity index (χ0v) is 12.8. The molecule has 1 nitrogen and oxygen atoms in total. The predicted octanol–water partition coefficient (Wildman–Crippen LogP) is 2.60. The summed E-state index contributed by atoms with van der Waals surface area (Å²) in [6, 6.07) is 10.5. The molecule has 1 aromatic carbocycles. The maximum absolute atomic E-state index is 3.43. The summed E-state index contributed by atoms with van der Waals surface area (Å²) in [6.45, 7) is 0.971. The molecule has 0 bridgehead atoms. The molecule has 1 heterocycles. The summed E-state index contributed by atoms with van der Waals surface area (Å²) >= 11 is 3.27. The predicted molar refractivity (Wildman–Crippen MR) is 69.0 cm³/mol. The topological polar surface area (TPSA) is 12.0 Å². The van der Waals surface area contributed by atoms with Crippen molar-refractivity contribution in [1.82, 2.24) is 5.32 Å². The fourth-order valence-corrected chi connectivity index (χ4v) is 3.07. The summed E-state index contributed by atoms with van der Waals surface area (Å²) in [6.07, 6.45) is 4.37. The van der Waals surface area contributed by atoms with Crippen LogP contribution in [0.25, 0.3) is 6.08 Å². The molecule has 0 aliphatic carbocycles. The van der Waals surface area contributed by atoms with E-state index < -0.39 is 0 Å². The van der Waals surface area contributed by atoms with Crippen molar-refractivity contribution in [2.45, 2.75) is 0 Å². The van der Waals surface area contributed by atoms with Crippen molar-refractivity contribution in [2.75, 3.05) is 12.8 Å². The SMILES string of the molecule is CSC=C1CN[C](=[W])C1=Cc1ccccc1. The van der Waals surface area contributed by atoms with Gasteiger partial charge >= 0.3 is 112 Å². The Balaban J connectivity index is 2.34. The standard InChI is InChI=1S/C13H13NS.W/c1-15-10-13-9-14-8-12(13)7-11-5-3-2-4-6-11;/h2-7,10,14H,9H2,1H3;. The van der Waals surface area contributed by atoms with Crippen LogP contribution in [0.15, 0.2) is 46.9 Å². The zero-order chi connectivity index (χ0) is 11.4. The maximum atomic E-state index is 3.43. The van der Waals surface area contributed by atoms with Gasteiger partial charge in [-0.1, -0.05) is 0 Å². The van der Waals surface area contributed by atoms with Crippen LogP contribution < -0.4 is 5.32 Å². The molecule has 0 aromatic heterocycles. The molecule has 1 aromatic rings. The van der Waals surface area contributed by atoms with Gasteiger partial charge in [0.1, 0.15) is 0 Å². The Hall–Kier alpha value is -0.432. The molecule has 0 amide bonds. The first-order chi connectivity index (χ1) is 7.81. The van der Waals surface area contributed by atoms with Gasteiger partial charge in [-0.2, -0.15) is 0 Å². The molecular formula is C13H13NSW. The van der Waals surface area contributed by atoms with Crippen LogP contribution in [0, 0.1) is 0 Å². The minimum absolute atomic E-state index is 0.971. The number of hydrogen-bond acceptors (Lipinski definition) is 2. The van der Waals surface area contributed by atoms with E-state index in [1.807, 2.05) is 0 Å². The van der Waals surface area contributed by atoms with Crippen molar-refractivity contribution in [2.24, 2.45) is 0 Å². The Morgan fingerprint density at radius 2 is 2.06 bits per heavy atom. The van der Waals surface area contributed by atoms with Crippen LogP contribution in [0.3, 0.4) is 0 Å². The summed E-state index contributed by atoms with van der Waals surface area (Å²) in [7, 11) is 0. The van der Waals surface area contributed by atoms with Crippen LogP contribution in [0.5, 0.6) is 0 Å². The van der Waals surface area contributed by atoms with Crippen LogP contribution in [-0.4, -0.2) is 16.8 Å². The van der Waals surface area contributed by atoms with Crippen molar-refractivity contribution in [3.8, 4) is 0 Å². The third-order valence-electron chi connectivity index (χ3n) is 2.40. The molecule has 1 N–H and O–H groups in total. The molecule has 2 rings (SSSR count). The summed E-state index contributed by atoms with van der Waals surface area (Å²) in [5, 5.41) is 5.66. The zero-order valence-electron chi connectivity index (χ0n) is 9.07. The Morgan fingerprint density at radius 3 is 2.75 bits per heavy atom. The number of hydrogen-bond donors (Lipinski definition) is 1. The van der Waals surface area contributed by atoms with Crippen LogP contribution >= 0.6 is 11.8 Å². The quantitative estimate of drug-likeness (QED) is 0.821. The molecule has 0 unspecified atom stereocenters. The molecular weight excluding hydrogens is 386 g/mol. The molecule has 16 heavy (non-hydrogen) atoms. The van der Waals surface area contributed by atoms with Gasteiger partial charge in [-0.15, -0.1) is 0 Å². The summed E-state index contributed by atoms with van der Waals surface area (Å²) < 4.78 is 1.35. The second-order valence-electron chi connectivity index (χ2n) is 3.53. The molecule has 0 radical (unpaired) electrons. The van der Waals surface area contributed by atoms with Gasteiger partial charge in [0.05, 0.1) is 0 Å². The molecule has 1 fully saturated rings. The number of nitrogens with one attached hydrogen (secondary N) is 1. The van der Waals surface area contributed by atoms with Crippen molar-refractivity contribution in [1.29, 1.82) is 0 Å². The Morgan fingerprint density at radius 1 is 1.31 bits per heavy atom. The van der Waals surface area contributed by atoms with E-state index in [0.717, 1.165) is 6.54 Å². The summed E-state index contributed by atoms with van der Waals surface area (Å²) in [5.41, 5.74) is 4.05. The Kier molecular flexibility index (Phi) is 4.34. The average molecular weight is 399 g/mol. The van der Waals surface area contributed by atoms with Crippen molar-refractivity contribution >= 4 is 21.9 Å². The van der Waals surface area contributed by atoms with E-state index in [-0.39, 0.29) is 0 Å². The number of benzene rings is 1. The van der Waals surface area contributed by atoms with Crippen molar-refractivity contribution in [3.05, 3.63) is 52.4 Å². The molecule has 0 atom stereocenters. The monoisotopic (exact) mass is 399 g/mol. The van der Waals surface area contributed by atoms with E-state index in [1.165, 1.54) is 40.1 Å². The van der Waals surface area contributed by atoms with E-state index in [1.54, 1.807) is 11.8 Å². The van der Waals surface area contributed by atoms with E-state index in [9.17, 15) is 0 Å². The first kappa shape index (κ1) is 12.0. The average Bonchev–Trinajstić information content (AvgIpc) is 2.64. The summed E-state index contributed by atoms with van der Waals surface area (Å²) in [5.74, 6) is 0. The number of rotatable bonds is 2. The third-order valence-corrected chi connectivity index (χ3v) is 4.23. The Bertz CT molecular complexity index is 448. The molecule has 1 aliphatic rings. The van der Waals surface area contributed by atoms with Crippen LogP contribution in [0.1, 0.15) is 5.56 Å². The van der Waals surface area contributed by atoms with Gasteiger partial charge in [-0.05, 0) is 0 Å². The third kappa shape index (κ3) is 2.82. The molecule has 82 valence electrons. The molecule has 1 aliphatic heterocycles. The fourth-order valence-electron chi connectivity index (χ4n) is 1.63. The van der Waals surface area contributed by atoms with Gasteiger partial charge in [-0.3, -0.25) is 0 Å². The molecule has 0 spiro atoms. The van der Waals surface area contributed by atoms with E-state index in [0.29, 0.717) is 0 Å². The van der Waals surface area contributed by atoms with Gasteiger partial charge in [0.25, 0.3) is 0 Å². The summed E-state index contributed by atoms with van der Waals surface area (Å²) in [4.78, 5) is 0. The first-order valence-electron chi connectivity index (χ1n) is 5.08. The van der Waals surface area contributed by atoms with Crippen molar-refractivity contribution < 1.29 is 19.4 Å². The van der Waals surface area contributed by atoms with Gasteiger partial charge in [0, 0.05) is 0 Å². The second kappa shape index (κ2) is 5.77. The second-order valence-corrected chi connectivity index (χ2v) is 5.70. The molecule has 0 saturated carbocycles. The van der Waals surface area contributed by atoms with Crippen LogP contribution in [0.2, 0.25) is 0 Å². The van der Waals surface area contributed by atoms with E-state index >= 15 is 0 Å². The van der Waals surface area contributed by atoms with Crippen LogP contribution in [0.4, 0.5) is 0 Å². The van der Waals surface area contributed by atoms with Crippen molar-refractivity contribution in [3.63, 3.8) is 0 Å². The normalized spacial score (nSPS) is 20.9. The molecule has 3 heteroatoms. The Labute approximate surface area is 111 Å². The van der Waals surface area contributed by atoms with E-state index in [2.05, 4.69) is 53.4 Å². The van der Waals surface area contributed by atoms with Gasteiger partial charge in [-0.25, -0.2) is 0 Å². The van der Waals surface area contributed by atoms with Gasteiger partial charge in [0.15, 0.2) is 0 Å². The fraction of sp³-hybridized carbons (Fsp3) is 0.154. The first-order valence-corrected chi connectivity index (χ1v) is 7.84.